The van der Waals surface area contributed by atoms with Gasteiger partial charge in [0.2, 0.25) is 0 Å². The van der Waals surface area contributed by atoms with Crippen LogP contribution in [0.25, 0.3) is 0 Å². The van der Waals surface area contributed by atoms with Gasteiger partial charge in [0.25, 0.3) is 0 Å². The molecule has 1 aliphatic heterocycles. The van der Waals surface area contributed by atoms with Crippen LogP contribution in [-0.2, 0) is 17.6 Å². The molecule has 0 saturated carbocycles. The minimum Gasteiger partial charge on any atom is -0.481 e. The Bertz CT molecular complexity index is 517. The maximum atomic E-state index is 10.8. The fourth-order valence-electron chi connectivity index (χ4n) is 3.62. The Labute approximate surface area is 128 Å². The van der Waals surface area contributed by atoms with Gasteiger partial charge in [-0.15, -0.1) is 0 Å². The average molecular weight is 338 g/mol. The van der Waals surface area contributed by atoms with E-state index in [1.54, 1.807) is 0 Å². The largest absolute Gasteiger partial charge is 0.481 e. The van der Waals surface area contributed by atoms with Crippen LogP contribution in [0.5, 0.6) is 0 Å². The van der Waals surface area contributed by atoms with Crippen LogP contribution in [0.1, 0.15) is 30.4 Å². The summed E-state index contributed by atoms with van der Waals surface area (Å²) in [6.07, 6.45) is 4.81. The molecule has 0 aromatic heterocycles. The number of likely N-dealkylation sites (tertiary alicyclic amines) is 1. The molecule has 4 heteroatoms. The van der Waals surface area contributed by atoms with E-state index in [1.807, 2.05) is 0 Å². The van der Waals surface area contributed by atoms with E-state index in [-0.39, 0.29) is 0 Å². The van der Waals surface area contributed by atoms with Crippen molar-refractivity contribution in [1.29, 1.82) is 0 Å². The lowest BCUT2D eigenvalue weighted by molar-refractivity contribution is -0.138. The van der Waals surface area contributed by atoms with Crippen LogP contribution in [-0.4, -0.2) is 35.1 Å². The number of benzene rings is 1. The predicted molar refractivity (Wildman–Crippen MR) is 81.9 cm³/mol. The summed E-state index contributed by atoms with van der Waals surface area (Å²) in [6.45, 7) is 2.03. The number of carboxylic acids is 1. The number of hydrogen-bond acceptors (Lipinski definition) is 2. The molecule has 20 heavy (non-hydrogen) atoms. The van der Waals surface area contributed by atoms with Crippen molar-refractivity contribution < 1.29 is 9.90 Å². The van der Waals surface area contributed by atoms with Gasteiger partial charge >= 0.3 is 5.97 Å². The standard InChI is InChI=1S/C16H20BrNO2/c17-14-3-1-13-9-15(4-2-12(13)8-14)18-6-5-11(10-18)7-16(19)20/h1,3,8,11,15H,2,4-7,9-10H2,(H,19,20). The second kappa shape index (κ2) is 5.86. The van der Waals surface area contributed by atoms with Crippen molar-refractivity contribution >= 4 is 21.9 Å². The third-order valence-corrected chi connectivity index (χ3v) is 5.16. The van der Waals surface area contributed by atoms with Gasteiger partial charge in [0, 0.05) is 23.5 Å². The highest BCUT2D eigenvalue weighted by Crippen LogP contribution is 2.30. The van der Waals surface area contributed by atoms with E-state index >= 15 is 0 Å². The van der Waals surface area contributed by atoms with E-state index in [1.165, 1.54) is 17.5 Å². The number of hydrogen-bond donors (Lipinski definition) is 1. The smallest absolute Gasteiger partial charge is 0.303 e. The monoisotopic (exact) mass is 337 g/mol. The first-order valence-electron chi connectivity index (χ1n) is 7.35. The fraction of sp³-hybridized carbons (Fsp3) is 0.562. The minimum absolute atomic E-state index is 0.326. The maximum Gasteiger partial charge on any atom is 0.303 e. The molecule has 2 aliphatic rings. The quantitative estimate of drug-likeness (QED) is 0.921. The van der Waals surface area contributed by atoms with Gasteiger partial charge in [0.05, 0.1) is 0 Å². The Morgan fingerprint density at radius 2 is 2.20 bits per heavy atom. The topological polar surface area (TPSA) is 40.5 Å². The first-order chi connectivity index (χ1) is 9.61. The lowest BCUT2D eigenvalue weighted by Crippen LogP contribution is -2.37. The van der Waals surface area contributed by atoms with Crippen LogP contribution in [0.4, 0.5) is 0 Å². The first kappa shape index (κ1) is 14.1. The van der Waals surface area contributed by atoms with Gasteiger partial charge in [-0.05, 0) is 61.4 Å². The lowest BCUT2D eigenvalue weighted by Gasteiger charge is -2.32. The number of nitrogens with zero attached hydrogens (tertiary/aromatic N) is 1. The molecule has 1 aliphatic carbocycles. The zero-order valence-electron chi connectivity index (χ0n) is 11.5. The van der Waals surface area contributed by atoms with Crippen LogP contribution < -0.4 is 0 Å². The number of aliphatic carboxylic acids is 1. The molecule has 1 saturated heterocycles. The number of carbonyl (C=O) groups is 1. The van der Waals surface area contributed by atoms with Crippen molar-refractivity contribution in [3.8, 4) is 0 Å². The maximum absolute atomic E-state index is 10.8. The molecular weight excluding hydrogens is 318 g/mol. The van der Waals surface area contributed by atoms with Crippen molar-refractivity contribution in [3.05, 3.63) is 33.8 Å². The highest BCUT2D eigenvalue weighted by Gasteiger charge is 2.31. The minimum atomic E-state index is -0.657. The van der Waals surface area contributed by atoms with Crippen molar-refractivity contribution in [3.63, 3.8) is 0 Å². The van der Waals surface area contributed by atoms with Crippen LogP contribution in [0.3, 0.4) is 0 Å². The van der Waals surface area contributed by atoms with Gasteiger partial charge in [-0.1, -0.05) is 22.0 Å². The van der Waals surface area contributed by atoms with E-state index in [0.717, 1.165) is 36.8 Å². The molecule has 1 aromatic rings. The molecule has 0 bridgehead atoms. The van der Waals surface area contributed by atoms with Gasteiger partial charge in [-0.3, -0.25) is 9.69 Å². The van der Waals surface area contributed by atoms with Crippen LogP contribution in [0, 0.1) is 5.92 Å². The molecule has 2 atom stereocenters. The van der Waals surface area contributed by atoms with Crippen LogP contribution in [0.2, 0.25) is 0 Å². The summed E-state index contributed by atoms with van der Waals surface area (Å²) in [6, 6.07) is 7.19. The predicted octanol–water partition coefficient (Wildman–Crippen LogP) is 3.10. The molecule has 1 heterocycles. The Hall–Kier alpha value is -0.870. The molecule has 0 amide bonds. The van der Waals surface area contributed by atoms with Crippen LogP contribution in [0.15, 0.2) is 22.7 Å². The number of carboxylic acid groups (broad SMARTS) is 1. The summed E-state index contributed by atoms with van der Waals surface area (Å²) in [5, 5.41) is 8.90. The normalized spacial score (nSPS) is 26.4. The number of aryl methyl sites for hydroxylation is 1. The Kier molecular flexibility index (Phi) is 4.13. The molecule has 3 nitrogen and oxygen atoms in total. The van der Waals surface area contributed by atoms with Crippen molar-refractivity contribution in [2.24, 2.45) is 5.92 Å². The summed E-state index contributed by atoms with van der Waals surface area (Å²) < 4.78 is 1.16. The van der Waals surface area contributed by atoms with E-state index in [2.05, 4.69) is 39.0 Å². The molecule has 3 rings (SSSR count). The Morgan fingerprint density at radius 3 is 3.00 bits per heavy atom. The lowest BCUT2D eigenvalue weighted by atomic mass is 9.87. The SMILES string of the molecule is O=C(O)CC1CCN(C2CCc3cc(Br)ccc3C2)C1. The Morgan fingerprint density at radius 1 is 1.35 bits per heavy atom. The second-order valence-electron chi connectivity index (χ2n) is 6.06. The average Bonchev–Trinajstić information content (AvgIpc) is 2.85. The second-order valence-corrected chi connectivity index (χ2v) is 6.97. The van der Waals surface area contributed by atoms with E-state index < -0.39 is 5.97 Å². The third kappa shape index (κ3) is 3.07. The fourth-order valence-corrected chi connectivity index (χ4v) is 4.03. The number of halogens is 1. The summed E-state index contributed by atoms with van der Waals surface area (Å²) in [4.78, 5) is 13.3. The molecule has 2 unspecified atom stereocenters. The van der Waals surface area contributed by atoms with Crippen molar-refractivity contribution in [2.45, 2.75) is 38.1 Å². The zero-order valence-corrected chi connectivity index (χ0v) is 13.1. The molecule has 0 radical (unpaired) electrons. The summed E-state index contributed by atoms with van der Waals surface area (Å²) in [5.41, 5.74) is 2.93. The first-order valence-corrected chi connectivity index (χ1v) is 8.14. The number of fused-ring (bicyclic) bond motifs is 1. The molecular formula is C16H20BrNO2. The molecule has 108 valence electrons. The van der Waals surface area contributed by atoms with Gasteiger partial charge in [0.15, 0.2) is 0 Å². The third-order valence-electron chi connectivity index (χ3n) is 4.67. The van der Waals surface area contributed by atoms with Gasteiger partial charge in [-0.25, -0.2) is 0 Å². The van der Waals surface area contributed by atoms with E-state index in [4.69, 9.17) is 5.11 Å². The molecule has 1 N–H and O–H groups in total. The van der Waals surface area contributed by atoms with Gasteiger partial charge in [-0.2, -0.15) is 0 Å². The summed E-state index contributed by atoms with van der Waals surface area (Å²) >= 11 is 3.54. The highest BCUT2D eigenvalue weighted by molar-refractivity contribution is 9.10. The van der Waals surface area contributed by atoms with E-state index in [9.17, 15) is 4.79 Å². The van der Waals surface area contributed by atoms with Gasteiger partial charge < -0.3 is 5.11 Å². The molecule has 0 spiro atoms. The zero-order chi connectivity index (χ0) is 14.1. The van der Waals surface area contributed by atoms with Crippen molar-refractivity contribution in [2.75, 3.05) is 13.1 Å². The molecule has 1 fully saturated rings. The summed E-state index contributed by atoms with van der Waals surface area (Å²) in [7, 11) is 0. The van der Waals surface area contributed by atoms with Crippen molar-refractivity contribution in [1.82, 2.24) is 4.90 Å². The van der Waals surface area contributed by atoms with Crippen LogP contribution >= 0.6 is 15.9 Å². The Balaban J connectivity index is 1.63. The molecule has 1 aromatic carbocycles. The highest BCUT2D eigenvalue weighted by atomic mass is 79.9. The number of rotatable bonds is 3. The van der Waals surface area contributed by atoms with E-state index in [0.29, 0.717) is 18.4 Å². The summed E-state index contributed by atoms with van der Waals surface area (Å²) in [5.74, 6) is -0.311. The van der Waals surface area contributed by atoms with Gasteiger partial charge in [0.1, 0.15) is 0 Å².